The van der Waals surface area contributed by atoms with Gasteiger partial charge in [0.1, 0.15) is 5.92 Å². The highest BCUT2D eigenvalue weighted by molar-refractivity contribution is 5.74. The van der Waals surface area contributed by atoms with Crippen LogP contribution in [-0.2, 0) is 9.53 Å². The zero-order chi connectivity index (χ0) is 21.5. The maximum Gasteiger partial charge on any atom is 0.416 e. The van der Waals surface area contributed by atoms with Crippen LogP contribution in [0.15, 0.2) is 0 Å². The zero-order valence-electron chi connectivity index (χ0n) is 15.0. The monoisotopic (exact) mass is 414 g/mol. The molecule has 3 nitrogen and oxygen atoms in total. The minimum Gasteiger partial charge on any atom is -0.465 e. The lowest BCUT2D eigenvalue weighted by Gasteiger charge is -2.46. The van der Waals surface area contributed by atoms with E-state index >= 15 is 0 Å². The molecule has 0 bridgehead atoms. The first kappa shape index (κ1) is 23.9. The van der Waals surface area contributed by atoms with Gasteiger partial charge in [-0.15, -0.1) is 0 Å². The lowest BCUT2D eigenvalue weighted by Crippen LogP contribution is -2.64. The molecule has 1 aliphatic rings. The van der Waals surface area contributed by atoms with Gasteiger partial charge in [0.2, 0.25) is 5.67 Å². The third-order valence-corrected chi connectivity index (χ3v) is 4.88. The van der Waals surface area contributed by atoms with E-state index in [9.17, 15) is 45.0 Å². The SMILES string of the molecule is CC1CC(C(=O)OCCCC(C)(O)C(F)(F)F)C(F)(F)C(F)(C(C)(F)F)C1. The molecule has 0 saturated heterocycles. The van der Waals surface area contributed by atoms with Gasteiger partial charge in [0.05, 0.1) is 6.61 Å². The highest BCUT2D eigenvalue weighted by Crippen LogP contribution is 2.56. The number of hydrogen-bond donors (Lipinski definition) is 1. The minimum absolute atomic E-state index is 0.000559. The molecule has 1 N–H and O–H groups in total. The molecule has 0 amide bonds. The molecule has 160 valence electrons. The molecule has 1 fully saturated rings. The van der Waals surface area contributed by atoms with Crippen LogP contribution in [0.4, 0.5) is 35.1 Å². The van der Waals surface area contributed by atoms with Crippen LogP contribution in [0.1, 0.15) is 46.5 Å². The predicted molar refractivity (Wildman–Crippen MR) is 78.2 cm³/mol. The Balaban J connectivity index is 2.79. The molecular formula is C16H22F8O3. The predicted octanol–water partition coefficient (Wildman–Crippen LogP) is 4.67. The molecule has 0 aromatic carbocycles. The van der Waals surface area contributed by atoms with Crippen molar-refractivity contribution in [3.05, 3.63) is 0 Å². The Labute approximate surface area is 151 Å². The smallest absolute Gasteiger partial charge is 0.416 e. The van der Waals surface area contributed by atoms with Crippen molar-refractivity contribution in [3.63, 3.8) is 0 Å². The summed E-state index contributed by atoms with van der Waals surface area (Å²) in [5, 5.41) is 9.22. The highest BCUT2D eigenvalue weighted by Gasteiger charge is 2.73. The number of esters is 1. The van der Waals surface area contributed by atoms with Crippen LogP contribution in [0.2, 0.25) is 0 Å². The van der Waals surface area contributed by atoms with E-state index in [1.165, 1.54) is 6.92 Å². The number of aliphatic hydroxyl groups is 1. The zero-order valence-corrected chi connectivity index (χ0v) is 15.0. The molecule has 0 spiro atoms. The number of alkyl halides is 8. The molecule has 0 aromatic rings. The molecule has 4 atom stereocenters. The fraction of sp³-hybridized carbons (Fsp3) is 0.938. The summed E-state index contributed by atoms with van der Waals surface area (Å²) in [6, 6.07) is 0. The molecule has 4 unspecified atom stereocenters. The van der Waals surface area contributed by atoms with Crippen LogP contribution in [0.5, 0.6) is 0 Å². The van der Waals surface area contributed by atoms with Crippen molar-refractivity contribution >= 4 is 5.97 Å². The molecule has 1 saturated carbocycles. The summed E-state index contributed by atoms with van der Waals surface area (Å²) in [6.07, 6.45) is -8.09. The fourth-order valence-corrected chi connectivity index (χ4v) is 3.07. The van der Waals surface area contributed by atoms with Gasteiger partial charge in [-0.25, -0.2) is 22.0 Å². The van der Waals surface area contributed by atoms with E-state index in [-0.39, 0.29) is 6.92 Å². The molecule has 1 rings (SSSR count). The third kappa shape index (κ3) is 4.65. The standard InChI is InChI=1S/C16H22F8O3/c1-9-7-10(15(20,21)14(19,8-9)13(3,17)18)11(25)27-6-4-5-12(2,26)16(22,23)24/h9-10,26H,4-8H2,1-3H3. The molecule has 0 aliphatic heterocycles. The normalized spacial score (nSPS) is 31.3. The van der Waals surface area contributed by atoms with E-state index < -0.39 is 79.4 Å². The first-order valence-electron chi connectivity index (χ1n) is 8.27. The minimum atomic E-state index is -4.94. The highest BCUT2D eigenvalue weighted by atomic mass is 19.4. The first-order chi connectivity index (χ1) is 11.9. The van der Waals surface area contributed by atoms with Gasteiger partial charge in [-0.1, -0.05) is 6.92 Å². The number of ether oxygens (including phenoxy) is 1. The Morgan fingerprint density at radius 1 is 1.15 bits per heavy atom. The summed E-state index contributed by atoms with van der Waals surface area (Å²) < 4.78 is 112. The molecule has 11 heteroatoms. The first-order valence-corrected chi connectivity index (χ1v) is 8.27. The van der Waals surface area contributed by atoms with Gasteiger partial charge >= 0.3 is 18.1 Å². The van der Waals surface area contributed by atoms with Gasteiger partial charge in [0.15, 0.2) is 5.60 Å². The second-order valence-electron chi connectivity index (χ2n) is 7.45. The number of carbonyl (C=O) groups is 1. The molecule has 0 aromatic heterocycles. The van der Waals surface area contributed by atoms with Gasteiger partial charge in [0, 0.05) is 6.92 Å². The lowest BCUT2D eigenvalue weighted by atomic mass is 9.68. The summed E-state index contributed by atoms with van der Waals surface area (Å²) >= 11 is 0. The van der Waals surface area contributed by atoms with Gasteiger partial charge < -0.3 is 9.84 Å². The van der Waals surface area contributed by atoms with E-state index in [0.717, 1.165) is 0 Å². The quantitative estimate of drug-likeness (QED) is 0.391. The van der Waals surface area contributed by atoms with E-state index in [1.807, 2.05) is 0 Å². The van der Waals surface area contributed by atoms with Gasteiger partial charge in [-0.2, -0.15) is 13.2 Å². The van der Waals surface area contributed by atoms with E-state index in [0.29, 0.717) is 6.92 Å². The summed E-state index contributed by atoms with van der Waals surface area (Å²) in [4.78, 5) is 11.9. The second kappa shape index (κ2) is 7.36. The average Bonchev–Trinajstić information content (AvgIpc) is 2.45. The Kier molecular flexibility index (Phi) is 6.52. The van der Waals surface area contributed by atoms with Gasteiger partial charge in [0.25, 0.3) is 5.92 Å². The number of rotatable bonds is 6. The van der Waals surface area contributed by atoms with E-state index in [1.54, 1.807) is 0 Å². The molecule has 1 aliphatic carbocycles. The number of carbonyl (C=O) groups excluding carboxylic acids is 1. The largest absolute Gasteiger partial charge is 0.465 e. The molecule has 0 heterocycles. The Hall–Kier alpha value is -1.13. The molecular weight excluding hydrogens is 392 g/mol. The van der Waals surface area contributed by atoms with E-state index in [2.05, 4.69) is 4.74 Å². The van der Waals surface area contributed by atoms with Crippen molar-refractivity contribution < 1.29 is 49.8 Å². The second-order valence-corrected chi connectivity index (χ2v) is 7.45. The van der Waals surface area contributed by atoms with Gasteiger partial charge in [-0.3, -0.25) is 4.79 Å². The summed E-state index contributed by atoms with van der Waals surface area (Å²) in [5.74, 6) is -14.3. The average molecular weight is 414 g/mol. The number of hydrogen-bond acceptors (Lipinski definition) is 3. The topological polar surface area (TPSA) is 46.5 Å². The van der Waals surface area contributed by atoms with Crippen molar-refractivity contribution in [2.24, 2.45) is 11.8 Å². The number of halogens is 8. The van der Waals surface area contributed by atoms with Crippen LogP contribution in [0, 0.1) is 11.8 Å². The van der Waals surface area contributed by atoms with Crippen molar-refractivity contribution in [3.8, 4) is 0 Å². The van der Waals surface area contributed by atoms with Crippen molar-refractivity contribution in [1.29, 1.82) is 0 Å². The summed E-state index contributed by atoms with van der Waals surface area (Å²) in [5.41, 5.74) is -7.32. The van der Waals surface area contributed by atoms with Crippen LogP contribution >= 0.6 is 0 Å². The summed E-state index contributed by atoms with van der Waals surface area (Å²) in [6.45, 7) is 0.969. The van der Waals surface area contributed by atoms with Crippen molar-refractivity contribution in [1.82, 2.24) is 0 Å². The maximum absolute atomic E-state index is 14.5. The van der Waals surface area contributed by atoms with Crippen LogP contribution in [-0.4, -0.2) is 47.0 Å². The van der Waals surface area contributed by atoms with E-state index in [4.69, 9.17) is 0 Å². The maximum atomic E-state index is 14.5. The van der Waals surface area contributed by atoms with Crippen molar-refractivity contribution in [2.75, 3.05) is 6.61 Å². The Bertz CT molecular complexity index is 541. The molecule has 0 radical (unpaired) electrons. The lowest BCUT2D eigenvalue weighted by molar-refractivity contribution is -0.282. The van der Waals surface area contributed by atoms with Crippen LogP contribution in [0.25, 0.3) is 0 Å². The van der Waals surface area contributed by atoms with Crippen LogP contribution < -0.4 is 0 Å². The van der Waals surface area contributed by atoms with Gasteiger partial charge in [-0.05, 0) is 38.5 Å². The van der Waals surface area contributed by atoms with Crippen molar-refractivity contribution in [2.45, 2.75) is 75.7 Å². The fourth-order valence-electron chi connectivity index (χ4n) is 3.07. The molecule has 27 heavy (non-hydrogen) atoms. The Morgan fingerprint density at radius 2 is 1.67 bits per heavy atom. The van der Waals surface area contributed by atoms with Crippen LogP contribution in [0.3, 0.4) is 0 Å². The summed E-state index contributed by atoms with van der Waals surface area (Å²) in [7, 11) is 0. The third-order valence-electron chi connectivity index (χ3n) is 4.88. The Morgan fingerprint density at radius 3 is 2.11 bits per heavy atom.